The van der Waals surface area contributed by atoms with Crippen molar-refractivity contribution in [2.24, 2.45) is 0 Å². The van der Waals surface area contributed by atoms with Crippen molar-refractivity contribution < 1.29 is 19.0 Å². The number of benzene rings is 3. The largest absolute Gasteiger partial charge is 0.497 e. The van der Waals surface area contributed by atoms with Gasteiger partial charge in [0.2, 0.25) is 0 Å². The first-order valence-corrected chi connectivity index (χ1v) is 9.25. The lowest BCUT2D eigenvalue weighted by Gasteiger charge is -2.10. The van der Waals surface area contributed by atoms with Crippen LogP contribution < -0.4 is 14.2 Å². The number of ether oxygens (including phenoxy) is 3. The van der Waals surface area contributed by atoms with Gasteiger partial charge in [0.15, 0.2) is 17.3 Å². The minimum Gasteiger partial charge on any atom is -0.497 e. The molecule has 0 aromatic heterocycles. The van der Waals surface area contributed by atoms with E-state index in [-0.39, 0.29) is 5.78 Å². The van der Waals surface area contributed by atoms with Crippen LogP contribution in [0.5, 0.6) is 17.2 Å². The Morgan fingerprint density at radius 1 is 0.893 bits per heavy atom. The van der Waals surface area contributed by atoms with E-state index in [1.807, 2.05) is 54.6 Å². The number of ketones is 1. The van der Waals surface area contributed by atoms with Gasteiger partial charge in [-0.3, -0.25) is 4.79 Å². The first-order valence-electron chi connectivity index (χ1n) is 9.25. The monoisotopic (exact) mass is 376 g/mol. The third kappa shape index (κ3) is 4.52. The lowest BCUT2D eigenvalue weighted by Crippen LogP contribution is -1.98. The van der Waals surface area contributed by atoms with E-state index >= 15 is 0 Å². The summed E-state index contributed by atoms with van der Waals surface area (Å²) >= 11 is 0. The quantitative estimate of drug-likeness (QED) is 0.382. The van der Waals surface area contributed by atoms with Crippen molar-refractivity contribution in [1.82, 2.24) is 0 Å². The van der Waals surface area contributed by atoms with Crippen LogP contribution in [-0.4, -0.2) is 26.6 Å². The van der Waals surface area contributed by atoms with Crippen LogP contribution in [0.1, 0.15) is 29.3 Å². The fourth-order valence-corrected chi connectivity index (χ4v) is 2.89. The standard InChI is InChI=1S/C24H24O4/c1-4-13-28-24-14-17(6-12-23(24)27-3)5-11-22(25)20-8-7-19-16-21(26-2)10-9-18(19)15-20/h5-12,14-16H,4,13H2,1-3H3/b11-5+. The number of allylic oxidation sites excluding steroid dienone is 1. The van der Waals surface area contributed by atoms with Gasteiger partial charge in [-0.15, -0.1) is 0 Å². The highest BCUT2D eigenvalue weighted by Crippen LogP contribution is 2.29. The summed E-state index contributed by atoms with van der Waals surface area (Å²) in [5, 5.41) is 2.03. The maximum Gasteiger partial charge on any atom is 0.185 e. The number of carbonyl (C=O) groups is 1. The van der Waals surface area contributed by atoms with Crippen LogP contribution >= 0.6 is 0 Å². The van der Waals surface area contributed by atoms with Gasteiger partial charge in [0, 0.05) is 5.56 Å². The molecule has 144 valence electrons. The predicted octanol–water partition coefficient (Wildman–Crippen LogP) is 5.54. The highest BCUT2D eigenvalue weighted by molar-refractivity contribution is 6.08. The number of methoxy groups -OCH3 is 2. The van der Waals surface area contributed by atoms with Crippen molar-refractivity contribution in [3.05, 3.63) is 71.8 Å². The number of fused-ring (bicyclic) bond motifs is 1. The lowest BCUT2D eigenvalue weighted by molar-refractivity contribution is 0.104. The van der Waals surface area contributed by atoms with E-state index in [0.717, 1.165) is 28.5 Å². The highest BCUT2D eigenvalue weighted by Gasteiger charge is 2.07. The minimum absolute atomic E-state index is 0.0513. The molecule has 0 atom stereocenters. The van der Waals surface area contributed by atoms with Crippen LogP contribution in [0, 0.1) is 0 Å². The second-order valence-electron chi connectivity index (χ2n) is 6.38. The first-order chi connectivity index (χ1) is 13.6. The van der Waals surface area contributed by atoms with Crippen LogP contribution in [0.15, 0.2) is 60.7 Å². The summed E-state index contributed by atoms with van der Waals surface area (Å²) in [4.78, 5) is 12.6. The molecule has 0 unspecified atom stereocenters. The highest BCUT2D eigenvalue weighted by atomic mass is 16.5. The van der Waals surface area contributed by atoms with E-state index in [1.54, 1.807) is 26.4 Å². The molecule has 3 aromatic rings. The maximum atomic E-state index is 12.6. The molecule has 0 heterocycles. The Bertz CT molecular complexity index is 1000. The van der Waals surface area contributed by atoms with Gasteiger partial charge in [0.05, 0.1) is 20.8 Å². The lowest BCUT2D eigenvalue weighted by atomic mass is 10.0. The molecule has 0 bridgehead atoms. The van der Waals surface area contributed by atoms with Crippen LogP contribution in [0.4, 0.5) is 0 Å². The molecule has 0 spiro atoms. The maximum absolute atomic E-state index is 12.6. The van der Waals surface area contributed by atoms with Gasteiger partial charge in [-0.25, -0.2) is 0 Å². The van der Waals surface area contributed by atoms with Crippen LogP contribution in [-0.2, 0) is 0 Å². The molecule has 0 saturated carbocycles. The Hall–Kier alpha value is -3.27. The average molecular weight is 376 g/mol. The Kier molecular flexibility index (Phi) is 6.33. The fourth-order valence-electron chi connectivity index (χ4n) is 2.89. The summed E-state index contributed by atoms with van der Waals surface area (Å²) in [6.07, 6.45) is 4.28. The molecule has 0 aliphatic rings. The van der Waals surface area contributed by atoms with E-state index in [9.17, 15) is 4.79 Å². The fraction of sp³-hybridized carbons (Fsp3) is 0.208. The summed E-state index contributed by atoms with van der Waals surface area (Å²) < 4.78 is 16.3. The molecule has 0 aliphatic carbocycles. The topological polar surface area (TPSA) is 44.8 Å². The summed E-state index contributed by atoms with van der Waals surface area (Å²) in [6.45, 7) is 2.67. The van der Waals surface area contributed by atoms with E-state index in [1.165, 1.54) is 0 Å². The van der Waals surface area contributed by atoms with E-state index < -0.39 is 0 Å². The van der Waals surface area contributed by atoms with Crippen molar-refractivity contribution in [2.45, 2.75) is 13.3 Å². The van der Waals surface area contributed by atoms with Gasteiger partial charge in [-0.1, -0.05) is 37.3 Å². The van der Waals surface area contributed by atoms with Crippen LogP contribution in [0.25, 0.3) is 16.8 Å². The minimum atomic E-state index is -0.0513. The predicted molar refractivity (Wildman–Crippen MR) is 113 cm³/mol. The van der Waals surface area contributed by atoms with Gasteiger partial charge >= 0.3 is 0 Å². The van der Waals surface area contributed by atoms with E-state index in [4.69, 9.17) is 14.2 Å². The zero-order valence-electron chi connectivity index (χ0n) is 16.4. The molecule has 4 nitrogen and oxygen atoms in total. The first kappa shape index (κ1) is 19.5. The number of hydrogen-bond donors (Lipinski definition) is 0. The van der Waals surface area contributed by atoms with Crippen molar-refractivity contribution in [3.63, 3.8) is 0 Å². The zero-order chi connectivity index (χ0) is 19.9. The molecule has 0 aliphatic heterocycles. The Morgan fingerprint density at radius 2 is 1.68 bits per heavy atom. The molecule has 0 N–H and O–H groups in total. The SMILES string of the molecule is CCCOc1cc(/C=C/C(=O)c2ccc3cc(OC)ccc3c2)ccc1OC. The van der Waals surface area contributed by atoms with Crippen LogP contribution in [0.2, 0.25) is 0 Å². The summed E-state index contributed by atoms with van der Waals surface area (Å²) in [5.74, 6) is 2.11. The van der Waals surface area contributed by atoms with Crippen molar-refractivity contribution in [2.75, 3.05) is 20.8 Å². The van der Waals surface area contributed by atoms with Gasteiger partial charge in [-0.2, -0.15) is 0 Å². The van der Waals surface area contributed by atoms with Crippen LogP contribution in [0.3, 0.4) is 0 Å². The van der Waals surface area contributed by atoms with Gasteiger partial charge in [0.25, 0.3) is 0 Å². The molecule has 0 radical (unpaired) electrons. The molecule has 0 fully saturated rings. The van der Waals surface area contributed by atoms with Crippen molar-refractivity contribution in [3.8, 4) is 17.2 Å². The third-order valence-corrected chi connectivity index (χ3v) is 4.41. The molecule has 4 heteroatoms. The normalized spacial score (nSPS) is 11.0. The summed E-state index contributed by atoms with van der Waals surface area (Å²) in [5.41, 5.74) is 1.52. The van der Waals surface area contributed by atoms with Gasteiger partial charge < -0.3 is 14.2 Å². The summed E-state index contributed by atoms with van der Waals surface area (Å²) in [6, 6.07) is 17.1. The molecule has 0 amide bonds. The average Bonchev–Trinajstić information content (AvgIpc) is 2.75. The molecule has 3 rings (SSSR count). The molecular formula is C24H24O4. The molecule has 0 saturated heterocycles. The van der Waals surface area contributed by atoms with Gasteiger partial charge in [0.1, 0.15) is 5.75 Å². The molecular weight excluding hydrogens is 352 g/mol. The third-order valence-electron chi connectivity index (χ3n) is 4.41. The van der Waals surface area contributed by atoms with E-state index in [0.29, 0.717) is 23.7 Å². The summed E-state index contributed by atoms with van der Waals surface area (Å²) in [7, 11) is 3.25. The molecule has 3 aromatic carbocycles. The Morgan fingerprint density at radius 3 is 2.43 bits per heavy atom. The second kappa shape index (κ2) is 9.09. The molecule has 28 heavy (non-hydrogen) atoms. The smallest absolute Gasteiger partial charge is 0.185 e. The Balaban J connectivity index is 1.80. The van der Waals surface area contributed by atoms with Crippen molar-refractivity contribution in [1.29, 1.82) is 0 Å². The number of hydrogen-bond acceptors (Lipinski definition) is 4. The van der Waals surface area contributed by atoms with Gasteiger partial charge in [-0.05, 0) is 59.2 Å². The zero-order valence-corrected chi connectivity index (χ0v) is 16.4. The number of carbonyl (C=O) groups excluding carboxylic acids is 1. The second-order valence-corrected chi connectivity index (χ2v) is 6.38. The Labute approximate surface area is 165 Å². The number of rotatable bonds is 8. The van der Waals surface area contributed by atoms with E-state index in [2.05, 4.69) is 6.92 Å². The van der Waals surface area contributed by atoms with Crippen molar-refractivity contribution >= 4 is 22.6 Å².